The van der Waals surface area contributed by atoms with E-state index in [1.165, 1.54) is 6.07 Å². The van der Waals surface area contributed by atoms with Crippen LogP contribution in [0.1, 0.15) is 26.2 Å². The molecule has 0 bridgehead atoms. The van der Waals surface area contributed by atoms with E-state index in [1.54, 1.807) is 12.1 Å². The molecule has 0 spiro atoms. The predicted octanol–water partition coefficient (Wildman–Crippen LogP) is 2.15. The van der Waals surface area contributed by atoms with Crippen molar-refractivity contribution in [3.05, 3.63) is 28.3 Å². The van der Waals surface area contributed by atoms with E-state index in [1.807, 2.05) is 0 Å². The molecule has 1 atom stereocenters. The van der Waals surface area contributed by atoms with Gasteiger partial charge in [0, 0.05) is 30.9 Å². The van der Waals surface area contributed by atoms with Gasteiger partial charge < -0.3 is 16.0 Å². The van der Waals surface area contributed by atoms with Gasteiger partial charge in [0.15, 0.2) is 0 Å². The average Bonchev–Trinajstić information content (AvgIpc) is 2.45. The number of hydrogen-bond donors (Lipinski definition) is 2. The molecule has 3 N–H and O–H groups in total. The highest BCUT2D eigenvalue weighted by molar-refractivity contribution is 5.67. The van der Waals surface area contributed by atoms with Gasteiger partial charge >= 0.3 is 0 Å². The number of nitrogens with one attached hydrogen (secondary N) is 1. The summed E-state index contributed by atoms with van der Waals surface area (Å²) in [5.74, 6) is 0. The zero-order valence-electron chi connectivity index (χ0n) is 11.8. The number of nitro groups is 1. The van der Waals surface area contributed by atoms with Crippen molar-refractivity contribution < 1.29 is 4.92 Å². The lowest BCUT2D eigenvalue weighted by Crippen LogP contribution is -2.46. The molecule has 0 saturated carbocycles. The Morgan fingerprint density at radius 3 is 2.90 bits per heavy atom. The van der Waals surface area contributed by atoms with Gasteiger partial charge in [0.25, 0.3) is 5.69 Å². The highest BCUT2D eigenvalue weighted by Gasteiger charge is 2.22. The Bertz CT molecular complexity index is 472. The maximum absolute atomic E-state index is 10.8. The summed E-state index contributed by atoms with van der Waals surface area (Å²) in [6.07, 6.45) is 3.34. The first-order valence-corrected chi connectivity index (χ1v) is 7.14. The average molecular weight is 278 g/mol. The van der Waals surface area contributed by atoms with E-state index in [4.69, 9.17) is 5.73 Å². The monoisotopic (exact) mass is 278 g/mol. The minimum Gasteiger partial charge on any atom is -0.393 e. The normalized spacial score (nSPS) is 18.8. The quantitative estimate of drug-likeness (QED) is 0.490. The third-order valence-electron chi connectivity index (χ3n) is 3.72. The Hall–Kier alpha value is -1.82. The molecule has 6 nitrogen and oxygen atoms in total. The SMILES string of the molecule is CCCN(c1ccc([N+](=O)[O-])c(N)c1)C1CCCNC1. The molecule has 1 aromatic carbocycles. The van der Waals surface area contributed by atoms with Crippen LogP contribution in [0.15, 0.2) is 18.2 Å². The number of nitrogen functional groups attached to an aromatic ring is 1. The lowest BCUT2D eigenvalue weighted by Gasteiger charge is -2.36. The largest absolute Gasteiger partial charge is 0.393 e. The minimum absolute atomic E-state index is 0.0213. The second kappa shape index (κ2) is 6.56. The molecule has 1 heterocycles. The van der Waals surface area contributed by atoms with Crippen molar-refractivity contribution >= 4 is 17.1 Å². The van der Waals surface area contributed by atoms with Crippen molar-refractivity contribution in [1.82, 2.24) is 5.32 Å². The van der Waals surface area contributed by atoms with Gasteiger partial charge in [-0.1, -0.05) is 6.92 Å². The lowest BCUT2D eigenvalue weighted by molar-refractivity contribution is -0.383. The summed E-state index contributed by atoms with van der Waals surface area (Å²) in [5.41, 5.74) is 6.99. The highest BCUT2D eigenvalue weighted by atomic mass is 16.6. The first-order chi connectivity index (χ1) is 9.63. The fourth-order valence-corrected chi connectivity index (χ4v) is 2.75. The number of hydrogen-bond acceptors (Lipinski definition) is 5. The fraction of sp³-hybridized carbons (Fsp3) is 0.571. The number of nitro benzene ring substituents is 1. The van der Waals surface area contributed by atoms with Crippen molar-refractivity contribution in [2.75, 3.05) is 30.3 Å². The highest BCUT2D eigenvalue weighted by Crippen LogP contribution is 2.29. The Labute approximate surface area is 119 Å². The molecule has 1 aromatic rings. The molecule has 6 heteroatoms. The topological polar surface area (TPSA) is 84.4 Å². The summed E-state index contributed by atoms with van der Waals surface area (Å²) in [6, 6.07) is 5.47. The van der Waals surface area contributed by atoms with E-state index in [9.17, 15) is 10.1 Å². The van der Waals surface area contributed by atoms with Crippen LogP contribution < -0.4 is 16.0 Å². The second-order valence-corrected chi connectivity index (χ2v) is 5.19. The third kappa shape index (κ3) is 3.19. The van der Waals surface area contributed by atoms with Crippen LogP contribution >= 0.6 is 0 Å². The number of benzene rings is 1. The predicted molar refractivity (Wildman–Crippen MR) is 81.0 cm³/mol. The first-order valence-electron chi connectivity index (χ1n) is 7.14. The maximum atomic E-state index is 10.8. The van der Waals surface area contributed by atoms with Crippen LogP contribution in [0.2, 0.25) is 0 Å². The lowest BCUT2D eigenvalue weighted by atomic mass is 10.0. The van der Waals surface area contributed by atoms with E-state index < -0.39 is 4.92 Å². The molecule has 1 unspecified atom stereocenters. The van der Waals surface area contributed by atoms with Gasteiger partial charge in [-0.2, -0.15) is 0 Å². The van der Waals surface area contributed by atoms with Crippen LogP contribution in [0, 0.1) is 10.1 Å². The summed E-state index contributed by atoms with van der Waals surface area (Å²) >= 11 is 0. The molecule has 0 amide bonds. The minimum atomic E-state index is -0.439. The summed E-state index contributed by atoms with van der Waals surface area (Å²) in [5, 5.41) is 14.2. The molecule has 0 aromatic heterocycles. The molecule has 2 rings (SSSR count). The van der Waals surface area contributed by atoms with Crippen molar-refractivity contribution in [3.8, 4) is 0 Å². The summed E-state index contributed by atoms with van der Waals surface area (Å²) < 4.78 is 0. The third-order valence-corrected chi connectivity index (χ3v) is 3.72. The number of nitrogens with two attached hydrogens (primary N) is 1. The standard InChI is InChI=1S/C14H22N4O2/c1-2-8-17(12-4-3-7-16-10-12)11-5-6-14(18(19)20)13(15)9-11/h5-6,9,12,16H,2-4,7-8,10,15H2,1H3. The molecule has 110 valence electrons. The zero-order chi connectivity index (χ0) is 14.5. The molecular weight excluding hydrogens is 256 g/mol. The van der Waals surface area contributed by atoms with Crippen molar-refractivity contribution in [3.63, 3.8) is 0 Å². The van der Waals surface area contributed by atoms with Crippen LogP contribution in [0.5, 0.6) is 0 Å². The van der Waals surface area contributed by atoms with Crippen LogP contribution in [0.25, 0.3) is 0 Å². The Kier molecular flexibility index (Phi) is 4.79. The Morgan fingerprint density at radius 1 is 1.55 bits per heavy atom. The van der Waals surface area contributed by atoms with Crippen LogP contribution in [-0.4, -0.2) is 30.6 Å². The van der Waals surface area contributed by atoms with Crippen LogP contribution in [0.3, 0.4) is 0 Å². The van der Waals surface area contributed by atoms with Crippen molar-refractivity contribution in [1.29, 1.82) is 0 Å². The van der Waals surface area contributed by atoms with Crippen LogP contribution in [0.4, 0.5) is 17.1 Å². The number of piperidine rings is 1. The van der Waals surface area contributed by atoms with E-state index in [-0.39, 0.29) is 11.4 Å². The molecule has 0 radical (unpaired) electrons. The Morgan fingerprint density at radius 2 is 2.35 bits per heavy atom. The van der Waals surface area contributed by atoms with Gasteiger partial charge in [0.1, 0.15) is 5.69 Å². The molecule has 1 saturated heterocycles. The smallest absolute Gasteiger partial charge is 0.292 e. The fourth-order valence-electron chi connectivity index (χ4n) is 2.75. The summed E-state index contributed by atoms with van der Waals surface area (Å²) in [6.45, 7) is 5.09. The van der Waals surface area contributed by atoms with Crippen LogP contribution in [-0.2, 0) is 0 Å². The van der Waals surface area contributed by atoms with Gasteiger partial charge in [-0.15, -0.1) is 0 Å². The second-order valence-electron chi connectivity index (χ2n) is 5.19. The van der Waals surface area contributed by atoms with Gasteiger partial charge in [0.05, 0.1) is 4.92 Å². The number of anilines is 2. The molecule has 20 heavy (non-hydrogen) atoms. The van der Waals surface area contributed by atoms with Crippen molar-refractivity contribution in [2.45, 2.75) is 32.2 Å². The van der Waals surface area contributed by atoms with Gasteiger partial charge in [-0.05, 0) is 37.9 Å². The summed E-state index contributed by atoms with van der Waals surface area (Å²) in [7, 11) is 0. The van der Waals surface area contributed by atoms with Gasteiger partial charge in [-0.3, -0.25) is 10.1 Å². The molecule has 0 aliphatic carbocycles. The number of nitrogens with zero attached hydrogens (tertiary/aromatic N) is 2. The zero-order valence-corrected chi connectivity index (χ0v) is 11.8. The van der Waals surface area contributed by atoms with E-state index in [0.29, 0.717) is 6.04 Å². The van der Waals surface area contributed by atoms with Gasteiger partial charge in [0.2, 0.25) is 0 Å². The van der Waals surface area contributed by atoms with Gasteiger partial charge in [-0.25, -0.2) is 0 Å². The van der Waals surface area contributed by atoms with E-state index in [0.717, 1.165) is 44.6 Å². The maximum Gasteiger partial charge on any atom is 0.292 e. The van der Waals surface area contributed by atoms with E-state index in [2.05, 4.69) is 17.1 Å². The Balaban J connectivity index is 2.24. The first kappa shape index (κ1) is 14.6. The molecule has 1 aliphatic heterocycles. The molecular formula is C14H22N4O2. The summed E-state index contributed by atoms with van der Waals surface area (Å²) in [4.78, 5) is 12.7. The van der Waals surface area contributed by atoms with Crippen molar-refractivity contribution in [2.24, 2.45) is 0 Å². The molecule has 1 aliphatic rings. The number of rotatable bonds is 5. The molecule has 1 fully saturated rings. The van der Waals surface area contributed by atoms with E-state index >= 15 is 0 Å².